The highest BCUT2D eigenvalue weighted by molar-refractivity contribution is 5.77. The summed E-state index contributed by atoms with van der Waals surface area (Å²) in [6.45, 7) is 5.60. The molecule has 2 aromatic rings. The molecule has 7 heteroatoms. The fourth-order valence-corrected chi connectivity index (χ4v) is 1.58. The van der Waals surface area contributed by atoms with Gasteiger partial charge < -0.3 is 14.5 Å². The first-order valence-electron chi connectivity index (χ1n) is 6.71. The zero-order valence-corrected chi connectivity index (χ0v) is 12.2. The molecule has 0 aromatic carbocycles. The molecule has 0 aliphatic carbocycles. The zero-order valence-electron chi connectivity index (χ0n) is 12.2. The third-order valence-electron chi connectivity index (χ3n) is 2.70. The SMILES string of the molecule is CC(C)c1nnc([C@H](C)NC(=O)COc2cccnc2)o1. The second kappa shape index (κ2) is 6.83. The monoisotopic (exact) mass is 290 g/mol. The fourth-order valence-electron chi connectivity index (χ4n) is 1.58. The van der Waals surface area contributed by atoms with Crippen LogP contribution >= 0.6 is 0 Å². The summed E-state index contributed by atoms with van der Waals surface area (Å²) < 4.78 is 10.8. The van der Waals surface area contributed by atoms with Crippen LogP contribution in [0.3, 0.4) is 0 Å². The van der Waals surface area contributed by atoms with Gasteiger partial charge in [0.05, 0.1) is 6.20 Å². The molecule has 0 spiro atoms. The van der Waals surface area contributed by atoms with Crippen molar-refractivity contribution in [3.05, 3.63) is 36.3 Å². The molecule has 2 aromatic heterocycles. The Morgan fingerprint density at radius 2 is 2.10 bits per heavy atom. The maximum atomic E-state index is 11.8. The Morgan fingerprint density at radius 1 is 1.33 bits per heavy atom. The Kier molecular flexibility index (Phi) is 4.86. The van der Waals surface area contributed by atoms with Crippen LogP contribution in [0, 0.1) is 0 Å². The molecule has 0 saturated heterocycles. The number of ether oxygens (including phenoxy) is 1. The minimum absolute atomic E-state index is 0.0960. The minimum atomic E-state index is -0.366. The molecular formula is C14H18N4O3. The predicted octanol–water partition coefficient (Wildman–Crippen LogP) is 1.84. The highest BCUT2D eigenvalue weighted by Gasteiger charge is 2.17. The van der Waals surface area contributed by atoms with Gasteiger partial charge in [-0.05, 0) is 19.1 Å². The summed E-state index contributed by atoms with van der Waals surface area (Å²) in [7, 11) is 0. The quantitative estimate of drug-likeness (QED) is 0.873. The largest absolute Gasteiger partial charge is 0.482 e. The second-order valence-corrected chi connectivity index (χ2v) is 4.90. The van der Waals surface area contributed by atoms with E-state index >= 15 is 0 Å². The van der Waals surface area contributed by atoms with Crippen molar-refractivity contribution in [3.63, 3.8) is 0 Å². The highest BCUT2D eigenvalue weighted by Crippen LogP contribution is 2.16. The Balaban J connectivity index is 1.84. The molecule has 0 aliphatic heterocycles. The molecule has 2 heterocycles. The van der Waals surface area contributed by atoms with Gasteiger partial charge in [-0.15, -0.1) is 10.2 Å². The van der Waals surface area contributed by atoms with Gasteiger partial charge in [-0.3, -0.25) is 9.78 Å². The molecule has 2 rings (SSSR count). The standard InChI is InChI=1S/C14H18N4O3/c1-9(2)13-17-18-14(21-13)10(3)16-12(19)8-20-11-5-4-6-15-7-11/h4-7,9-10H,8H2,1-3H3,(H,16,19)/t10-/m0/s1. The molecule has 21 heavy (non-hydrogen) atoms. The lowest BCUT2D eigenvalue weighted by Crippen LogP contribution is -2.31. The van der Waals surface area contributed by atoms with Crippen molar-refractivity contribution in [1.82, 2.24) is 20.5 Å². The summed E-state index contributed by atoms with van der Waals surface area (Å²) in [6.07, 6.45) is 3.18. The van der Waals surface area contributed by atoms with Crippen molar-refractivity contribution >= 4 is 5.91 Å². The summed E-state index contributed by atoms with van der Waals surface area (Å²) in [5.41, 5.74) is 0. The Morgan fingerprint density at radius 3 is 2.71 bits per heavy atom. The molecule has 7 nitrogen and oxygen atoms in total. The molecule has 0 unspecified atom stereocenters. The number of pyridine rings is 1. The van der Waals surface area contributed by atoms with Crippen LogP contribution in [0.4, 0.5) is 0 Å². The molecule has 0 radical (unpaired) electrons. The topological polar surface area (TPSA) is 90.1 Å². The third-order valence-corrected chi connectivity index (χ3v) is 2.70. The fraction of sp³-hybridized carbons (Fsp3) is 0.429. The average molecular weight is 290 g/mol. The van der Waals surface area contributed by atoms with Gasteiger partial charge in [-0.2, -0.15) is 0 Å². The number of carbonyl (C=O) groups is 1. The number of nitrogens with one attached hydrogen (secondary N) is 1. The van der Waals surface area contributed by atoms with Crippen LogP contribution in [-0.2, 0) is 4.79 Å². The average Bonchev–Trinajstić information content (AvgIpc) is 2.96. The van der Waals surface area contributed by atoms with E-state index in [2.05, 4.69) is 20.5 Å². The van der Waals surface area contributed by atoms with Gasteiger partial charge in [0.2, 0.25) is 11.8 Å². The van der Waals surface area contributed by atoms with E-state index in [4.69, 9.17) is 9.15 Å². The number of nitrogens with zero attached hydrogens (tertiary/aromatic N) is 3. The molecule has 1 N–H and O–H groups in total. The zero-order chi connectivity index (χ0) is 15.2. The Bertz CT molecular complexity index is 583. The van der Waals surface area contributed by atoms with Crippen molar-refractivity contribution in [3.8, 4) is 5.75 Å². The van der Waals surface area contributed by atoms with Gasteiger partial charge in [-0.1, -0.05) is 13.8 Å². The molecule has 0 bridgehead atoms. The lowest BCUT2D eigenvalue weighted by atomic mass is 10.2. The first-order chi connectivity index (χ1) is 10.1. The maximum Gasteiger partial charge on any atom is 0.258 e. The number of rotatable bonds is 6. The molecule has 1 amide bonds. The van der Waals surface area contributed by atoms with Crippen molar-refractivity contribution in [1.29, 1.82) is 0 Å². The number of amides is 1. The third kappa shape index (κ3) is 4.27. The van der Waals surface area contributed by atoms with E-state index in [1.165, 1.54) is 0 Å². The number of hydrogen-bond donors (Lipinski definition) is 1. The normalized spacial score (nSPS) is 12.2. The summed E-state index contributed by atoms with van der Waals surface area (Å²) in [6, 6.07) is 3.10. The summed E-state index contributed by atoms with van der Waals surface area (Å²) >= 11 is 0. The first kappa shape index (κ1) is 15.0. The van der Waals surface area contributed by atoms with E-state index < -0.39 is 0 Å². The van der Waals surface area contributed by atoms with Crippen LogP contribution in [-0.4, -0.2) is 27.7 Å². The van der Waals surface area contributed by atoms with Gasteiger partial charge in [0.1, 0.15) is 11.8 Å². The van der Waals surface area contributed by atoms with Gasteiger partial charge in [0, 0.05) is 12.1 Å². The van der Waals surface area contributed by atoms with Crippen molar-refractivity contribution in [2.24, 2.45) is 0 Å². The van der Waals surface area contributed by atoms with Crippen molar-refractivity contribution in [2.45, 2.75) is 32.7 Å². The first-order valence-corrected chi connectivity index (χ1v) is 6.71. The van der Waals surface area contributed by atoms with Gasteiger partial charge in [0.25, 0.3) is 5.91 Å². The molecule has 0 saturated carbocycles. The maximum absolute atomic E-state index is 11.8. The molecular weight excluding hydrogens is 272 g/mol. The summed E-state index contributed by atoms with van der Waals surface area (Å²) in [5, 5.41) is 10.6. The van der Waals surface area contributed by atoms with E-state index in [0.29, 0.717) is 17.5 Å². The van der Waals surface area contributed by atoms with Gasteiger partial charge in [-0.25, -0.2) is 0 Å². The molecule has 0 aliphatic rings. The summed E-state index contributed by atoms with van der Waals surface area (Å²) in [5.74, 6) is 1.37. The van der Waals surface area contributed by atoms with E-state index in [1.807, 2.05) is 13.8 Å². The van der Waals surface area contributed by atoms with Crippen LogP contribution in [0.1, 0.15) is 44.5 Å². The summed E-state index contributed by atoms with van der Waals surface area (Å²) in [4.78, 5) is 15.7. The smallest absolute Gasteiger partial charge is 0.258 e. The van der Waals surface area contributed by atoms with E-state index in [0.717, 1.165) is 0 Å². The lowest BCUT2D eigenvalue weighted by molar-refractivity contribution is -0.123. The number of aromatic nitrogens is 3. The van der Waals surface area contributed by atoms with Gasteiger partial charge in [0.15, 0.2) is 6.61 Å². The molecule has 112 valence electrons. The molecule has 1 atom stereocenters. The van der Waals surface area contributed by atoms with Crippen molar-refractivity contribution < 1.29 is 13.9 Å². The highest BCUT2D eigenvalue weighted by atomic mass is 16.5. The van der Waals surface area contributed by atoms with Gasteiger partial charge >= 0.3 is 0 Å². The lowest BCUT2D eigenvalue weighted by Gasteiger charge is -2.10. The number of hydrogen-bond acceptors (Lipinski definition) is 6. The van der Waals surface area contributed by atoms with Crippen molar-refractivity contribution in [2.75, 3.05) is 6.61 Å². The Labute approximate surface area is 122 Å². The van der Waals surface area contributed by atoms with Crippen LogP contribution in [0.25, 0.3) is 0 Å². The van der Waals surface area contributed by atoms with E-state index in [9.17, 15) is 4.79 Å². The van der Waals surface area contributed by atoms with E-state index in [1.54, 1.807) is 31.5 Å². The van der Waals surface area contributed by atoms with Crippen LogP contribution in [0.2, 0.25) is 0 Å². The predicted molar refractivity (Wildman–Crippen MR) is 74.7 cm³/mol. The minimum Gasteiger partial charge on any atom is -0.482 e. The van der Waals surface area contributed by atoms with Crippen LogP contribution in [0.15, 0.2) is 28.9 Å². The Hall–Kier alpha value is -2.44. The number of carbonyl (C=O) groups excluding carboxylic acids is 1. The second-order valence-electron chi connectivity index (χ2n) is 4.90. The molecule has 0 fully saturated rings. The van der Waals surface area contributed by atoms with E-state index in [-0.39, 0.29) is 24.5 Å². The van der Waals surface area contributed by atoms with Crippen LogP contribution < -0.4 is 10.1 Å². The van der Waals surface area contributed by atoms with Crippen LogP contribution in [0.5, 0.6) is 5.75 Å².